The molecule has 4 nitrogen and oxygen atoms in total. The van der Waals surface area contributed by atoms with E-state index >= 15 is 0 Å². The van der Waals surface area contributed by atoms with Crippen molar-refractivity contribution in [2.24, 2.45) is 0 Å². The number of aryl methyl sites for hydroxylation is 1. The Kier molecular flexibility index (Phi) is 4.97. The molecule has 0 fully saturated rings. The predicted octanol–water partition coefficient (Wildman–Crippen LogP) is 1.73. The molecular weight excluding hydrogens is 216 g/mol. The van der Waals surface area contributed by atoms with Crippen molar-refractivity contribution in [2.45, 2.75) is 26.9 Å². The molecular formula is C13H20N2O2. The lowest BCUT2D eigenvalue weighted by Crippen LogP contribution is -2.32. The Labute approximate surface area is 102 Å². The minimum absolute atomic E-state index is 0.0267. The van der Waals surface area contributed by atoms with Crippen LogP contribution in [0, 0.1) is 6.92 Å². The van der Waals surface area contributed by atoms with Gasteiger partial charge in [0.05, 0.1) is 6.10 Å². The summed E-state index contributed by atoms with van der Waals surface area (Å²) in [5, 5.41) is 2.83. The van der Waals surface area contributed by atoms with Crippen molar-refractivity contribution < 1.29 is 9.53 Å². The number of anilines is 1. The molecule has 0 aromatic heterocycles. The van der Waals surface area contributed by atoms with Crippen molar-refractivity contribution in [3.8, 4) is 0 Å². The second-order valence-corrected chi connectivity index (χ2v) is 4.05. The van der Waals surface area contributed by atoms with E-state index in [4.69, 9.17) is 10.5 Å². The van der Waals surface area contributed by atoms with E-state index in [-0.39, 0.29) is 12.0 Å². The lowest BCUT2D eigenvalue weighted by molar-refractivity contribution is 0.0695. The first kappa shape index (κ1) is 13.5. The Morgan fingerprint density at radius 1 is 1.53 bits per heavy atom. The summed E-state index contributed by atoms with van der Waals surface area (Å²) in [5.74, 6) is -0.0975. The predicted molar refractivity (Wildman–Crippen MR) is 69.0 cm³/mol. The smallest absolute Gasteiger partial charge is 0.251 e. The largest absolute Gasteiger partial charge is 0.399 e. The number of carbonyl (C=O) groups is 1. The molecule has 0 aliphatic heterocycles. The molecule has 0 saturated carbocycles. The molecule has 0 saturated heterocycles. The van der Waals surface area contributed by atoms with Crippen molar-refractivity contribution >= 4 is 11.6 Å². The van der Waals surface area contributed by atoms with E-state index in [9.17, 15) is 4.79 Å². The summed E-state index contributed by atoms with van der Waals surface area (Å²) in [4.78, 5) is 11.8. The minimum Gasteiger partial charge on any atom is -0.399 e. The highest BCUT2D eigenvalue weighted by Gasteiger charge is 2.08. The molecule has 94 valence electrons. The summed E-state index contributed by atoms with van der Waals surface area (Å²) in [6.45, 7) is 6.91. The third kappa shape index (κ3) is 4.07. The van der Waals surface area contributed by atoms with Gasteiger partial charge in [-0.15, -0.1) is 0 Å². The summed E-state index contributed by atoms with van der Waals surface area (Å²) in [6, 6.07) is 5.26. The van der Waals surface area contributed by atoms with Gasteiger partial charge in [-0.1, -0.05) is 0 Å². The molecule has 0 spiro atoms. The molecule has 17 heavy (non-hydrogen) atoms. The molecule has 0 aliphatic rings. The standard InChI is InChI=1S/C13H20N2O2/c1-4-17-10(3)8-15-13(16)11-5-6-12(14)9(2)7-11/h5-7,10H,4,8,14H2,1-3H3,(H,15,16). The zero-order valence-corrected chi connectivity index (χ0v) is 10.6. The van der Waals surface area contributed by atoms with Gasteiger partial charge in [0.2, 0.25) is 0 Å². The van der Waals surface area contributed by atoms with Crippen molar-refractivity contribution in [2.75, 3.05) is 18.9 Å². The highest BCUT2D eigenvalue weighted by molar-refractivity contribution is 5.94. The van der Waals surface area contributed by atoms with Crippen molar-refractivity contribution in [1.82, 2.24) is 5.32 Å². The molecule has 0 aliphatic carbocycles. The third-order valence-corrected chi connectivity index (χ3v) is 2.53. The highest BCUT2D eigenvalue weighted by Crippen LogP contribution is 2.12. The zero-order chi connectivity index (χ0) is 12.8. The van der Waals surface area contributed by atoms with E-state index in [1.54, 1.807) is 18.2 Å². The van der Waals surface area contributed by atoms with Crippen LogP contribution < -0.4 is 11.1 Å². The summed E-state index contributed by atoms with van der Waals surface area (Å²) < 4.78 is 5.34. The van der Waals surface area contributed by atoms with E-state index in [1.165, 1.54) is 0 Å². The summed E-state index contributed by atoms with van der Waals surface area (Å²) >= 11 is 0. The molecule has 1 aromatic carbocycles. The summed E-state index contributed by atoms with van der Waals surface area (Å²) in [5.41, 5.74) is 7.94. The molecule has 0 bridgehead atoms. The van der Waals surface area contributed by atoms with Crippen LogP contribution in [0.4, 0.5) is 5.69 Å². The highest BCUT2D eigenvalue weighted by atomic mass is 16.5. The topological polar surface area (TPSA) is 64.3 Å². The molecule has 1 atom stereocenters. The van der Waals surface area contributed by atoms with Crippen molar-refractivity contribution in [3.63, 3.8) is 0 Å². The number of nitrogens with two attached hydrogens (primary N) is 1. The number of carbonyl (C=O) groups excluding carboxylic acids is 1. The second kappa shape index (κ2) is 6.25. The number of rotatable bonds is 5. The quantitative estimate of drug-likeness (QED) is 0.765. The summed E-state index contributed by atoms with van der Waals surface area (Å²) in [6.07, 6.45) is 0.0267. The Morgan fingerprint density at radius 3 is 2.82 bits per heavy atom. The third-order valence-electron chi connectivity index (χ3n) is 2.53. The van der Waals surface area contributed by atoms with Crippen molar-refractivity contribution in [1.29, 1.82) is 0 Å². The van der Waals surface area contributed by atoms with E-state index in [2.05, 4.69) is 5.32 Å². The minimum atomic E-state index is -0.0975. The maximum Gasteiger partial charge on any atom is 0.251 e. The van der Waals surface area contributed by atoms with E-state index in [1.807, 2.05) is 20.8 Å². The fourth-order valence-electron chi connectivity index (χ4n) is 1.50. The molecule has 3 N–H and O–H groups in total. The average Bonchev–Trinajstić information content (AvgIpc) is 2.30. The fraction of sp³-hybridized carbons (Fsp3) is 0.462. The number of nitrogens with one attached hydrogen (secondary N) is 1. The van der Waals surface area contributed by atoms with Gasteiger partial charge in [-0.25, -0.2) is 0 Å². The average molecular weight is 236 g/mol. The molecule has 1 aromatic rings. The number of hydrogen-bond acceptors (Lipinski definition) is 3. The normalized spacial score (nSPS) is 12.2. The maximum absolute atomic E-state index is 11.8. The number of amides is 1. The van der Waals surface area contributed by atoms with Gasteiger partial charge in [-0.05, 0) is 44.5 Å². The lowest BCUT2D eigenvalue weighted by Gasteiger charge is -2.13. The molecule has 1 unspecified atom stereocenters. The van der Waals surface area contributed by atoms with Gasteiger partial charge in [0.1, 0.15) is 0 Å². The van der Waals surface area contributed by atoms with Crippen LogP contribution >= 0.6 is 0 Å². The number of ether oxygens (including phenoxy) is 1. The first-order valence-corrected chi connectivity index (χ1v) is 5.80. The number of hydrogen-bond donors (Lipinski definition) is 2. The van der Waals surface area contributed by atoms with Crippen LogP contribution in [0.1, 0.15) is 29.8 Å². The first-order valence-electron chi connectivity index (χ1n) is 5.80. The Hall–Kier alpha value is -1.55. The van der Waals surface area contributed by atoms with Crippen LogP contribution in [-0.2, 0) is 4.74 Å². The summed E-state index contributed by atoms with van der Waals surface area (Å²) in [7, 11) is 0. The van der Waals surface area contributed by atoms with E-state index in [0.29, 0.717) is 24.4 Å². The number of benzene rings is 1. The van der Waals surface area contributed by atoms with Crippen LogP contribution in [0.3, 0.4) is 0 Å². The van der Waals surface area contributed by atoms with Gasteiger partial charge in [-0.3, -0.25) is 4.79 Å². The Balaban J connectivity index is 2.55. The van der Waals surface area contributed by atoms with Gasteiger partial charge in [0, 0.05) is 24.4 Å². The van der Waals surface area contributed by atoms with Gasteiger partial charge >= 0.3 is 0 Å². The van der Waals surface area contributed by atoms with Crippen LogP contribution in [0.25, 0.3) is 0 Å². The molecule has 1 rings (SSSR count). The van der Waals surface area contributed by atoms with Gasteiger partial charge < -0.3 is 15.8 Å². The van der Waals surface area contributed by atoms with Crippen LogP contribution in [-0.4, -0.2) is 25.2 Å². The Bertz CT molecular complexity index is 391. The first-order chi connectivity index (χ1) is 8.04. The zero-order valence-electron chi connectivity index (χ0n) is 10.6. The van der Waals surface area contributed by atoms with Gasteiger partial charge in [0.25, 0.3) is 5.91 Å². The van der Waals surface area contributed by atoms with E-state index < -0.39 is 0 Å². The monoisotopic (exact) mass is 236 g/mol. The lowest BCUT2D eigenvalue weighted by atomic mass is 10.1. The van der Waals surface area contributed by atoms with Crippen LogP contribution in [0.5, 0.6) is 0 Å². The fourth-order valence-corrected chi connectivity index (χ4v) is 1.50. The maximum atomic E-state index is 11.8. The molecule has 0 heterocycles. The van der Waals surface area contributed by atoms with Crippen LogP contribution in [0.2, 0.25) is 0 Å². The Morgan fingerprint density at radius 2 is 2.24 bits per heavy atom. The number of nitrogen functional groups attached to an aromatic ring is 1. The van der Waals surface area contributed by atoms with Gasteiger partial charge in [0.15, 0.2) is 0 Å². The van der Waals surface area contributed by atoms with E-state index in [0.717, 1.165) is 5.56 Å². The SMILES string of the molecule is CCOC(C)CNC(=O)c1ccc(N)c(C)c1. The second-order valence-electron chi connectivity index (χ2n) is 4.05. The van der Waals surface area contributed by atoms with Gasteiger partial charge in [-0.2, -0.15) is 0 Å². The molecule has 1 amide bonds. The molecule has 4 heteroatoms. The molecule has 0 radical (unpaired) electrons. The van der Waals surface area contributed by atoms with Crippen molar-refractivity contribution in [3.05, 3.63) is 29.3 Å². The van der Waals surface area contributed by atoms with Crippen LogP contribution in [0.15, 0.2) is 18.2 Å².